The zero-order valence-corrected chi connectivity index (χ0v) is 8.54. The summed E-state index contributed by atoms with van der Waals surface area (Å²) < 4.78 is 6.03. The largest absolute Gasteiger partial charge is 0.477 e. The van der Waals surface area contributed by atoms with Crippen LogP contribution in [0.4, 0.5) is 0 Å². The predicted molar refractivity (Wildman–Crippen MR) is 50.1 cm³/mol. The molecule has 1 rings (SSSR count). The molecule has 0 bridgehead atoms. The number of aromatic nitrogens is 2. The first-order valence-electron chi connectivity index (χ1n) is 3.93. The third-order valence-electron chi connectivity index (χ3n) is 1.34. The van der Waals surface area contributed by atoms with Crippen LogP contribution in [0.1, 0.15) is 19.8 Å². The van der Waals surface area contributed by atoms with E-state index in [1.165, 1.54) is 0 Å². The van der Waals surface area contributed by atoms with E-state index in [1.807, 2.05) is 0 Å². The third-order valence-corrected chi connectivity index (χ3v) is 1.75. The summed E-state index contributed by atoms with van der Waals surface area (Å²) in [6, 6.07) is 0. The van der Waals surface area contributed by atoms with Crippen molar-refractivity contribution < 1.29 is 4.74 Å². The van der Waals surface area contributed by atoms with E-state index in [4.69, 9.17) is 4.74 Å². The summed E-state index contributed by atoms with van der Waals surface area (Å²) in [6.45, 7) is 2.84. The van der Waals surface area contributed by atoms with Gasteiger partial charge in [-0.15, -0.1) is 0 Å². The lowest BCUT2D eigenvalue weighted by molar-refractivity contribution is 0.296. The number of nitrogens with zero attached hydrogens (tertiary/aromatic N) is 2. The molecule has 1 aromatic rings. The van der Waals surface area contributed by atoms with Gasteiger partial charge in [0.1, 0.15) is 4.60 Å². The van der Waals surface area contributed by atoms with Crippen molar-refractivity contribution >= 4 is 15.9 Å². The summed E-state index contributed by atoms with van der Waals surface area (Å²) in [5, 5.41) is 0. The quantitative estimate of drug-likeness (QED) is 0.746. The normalized spacial score (nSPS) is 9.83. The van der Waals surface area contributed by atoms with E-state index >= 15 is 0 Å². The fourth-order valence-corrected chi connectivity index (χ4v) is 0.901. The molecule has 3 nitrogen and oxygen atoms in total. The zero-order valence-electron chi connectivity index (χ0n) is 6.96. The Hall–Kier alpha value is -0.640. The van der Waals surface area contributed by atoms with Gasteiger partial charge in [0.05, 0.1) is 19.0 Å². The molecule has 0 aliphatic heterocycles. The van der Waals surface area contributed by atoms with Crippen molar-refractivity contribution in [3.8, 4) is 5.88 Å². The molecule has 0 aliphatic rings. The first-order chi connectivity index (χ1) is 5.83. The fourth-order valence-electron chi connectivity index (χ4n) is 0.696. The molecule has 0 N–H and O–H groups in total. The fraction of sp³-hybridized carbons (Fsp3) is 0.500. The van der Waals surface area contributed by atoms with Gasteiger partial charge in [-0.2, -0.15) is 0 Å². The molecule has 0 fully saturated rings. The Morgan fingerprint density at radius 3 is 2.83 bits per heavy atom. The van der Waals surface area contributed by atoms with Gasteiger partial charge in [-0.1, -0.05) is 13.3 Å². The summed E-state index contributed by atoms with van der Waals surface area (Å²) in [5.41, 5.74) is 0. The first kappa shape index (κ1) is 9.45. The van der Waals surface area contributed by atoms with Crippen LogP contribution >= 0.6 is 15.9 Å². The lowest BCUT2D eigenvalue weighted by atomic mass is 10.4. The highest BCUT2D eigenvalue weighted by atomic mass is 79.9. The Morgan fingerprint density at radius 2 is 2.25 bits per heavy atom. The van der Waals surface area contributed by atoms with Gasteiger partial charge in [0.2, 0.25) is 5.88 Å². The predicted octanol–water partition coefficient (Wildman–Crippen LogP) is 2.42. The number of halogens is 1. The van der Waals surface area contributed by atoms with Gasteiger partial charge in [-0.05, 0) is 22.4 Å². The molecule has 1 heterocycles. The lowest BCUT2D eigenvalue weighted by Gasteiger charge is -2.02. The van der Waals surface area contributed by atoms with Gasteiger partial charge < -0.3 is 4.74 Å². The van der Waals surface area contributed by atoms with Crippen molar-refractivity contribution in [2.75, 3.05) is 6.61 Å². The van der Waals surface area contributed by atoms with Crippen molar-refractivity contribution in [1.29, 1.82) is 0 Å². The van der Waals surface area contributed by atoms with Crippen LogP contribution in [-0.4, -0.2) is 16.6 Å². The molecular weight excluding hydrogens is 220 g/mol. The topological polar surface area (TPSA) is 35.0 Å². The van der Waals surface area contributed by atoms with Crippen molar-refractivity contribution in [1.82, 2.24) is 9.97 Å². The highest BCUT2D eigenvalue weighted by molar-refractivity contribution is 9.10. The van der Waals surface area contributed by atoms with E-state index in [0.717, 1.165) is 17.4 Å². The molecular formula is C8H11BrN2O. The molecule has 0 aromatic carbocycles. The summed E-state index contributed by atoms with van der Waals surface area (Å²) in [5.74, 6) is 0.589. The van der Waals surface area contributed by atoms with Crippen molar-refractivity contribution in [3.63, 3.8) is 0 Å². The SMILES string of the molecule is CCCCOc1cnc(Br)cn1. The number of hydrogen-bond acceptors (Lipinski definition) is 3. The van der Waals surface area contributed by atoms with E-state index in [-0.39, 0.29) is 0 Å². The Morgan fingerprint density at radius 1 is 1.42 bits per heavy atom. The second kappa shape index (κ2) is 5.09. The molecule has 0 saturated carbocycles. The molecule has 0 unspecified atom stereocenters. The van der Waals surface area contributed by atoms with E-state index in [1.54, 1.807) is 12.4 Å². The summed E-state index contributed by atoms with van der Waals surface area (Å²) in [6.07, 6.45) is 5.42. The number of unbranched alkanes of at least 4 members (excludes halogenated alkanes) is 1. The van der Waals surface area contributed by atoms with Crippen molar-refractivity contribution in [2.45, 2.75) is 19.8 Å². The van der Waals surface area contributed by atoms with Crippen LogP contribution in [0.2, 0.25) is 0 Å². The Bertz CT molecular complexity index is 225. The molecule has 0 radical (unpaired) electrons. The maximum absolute atomic E-state index is 5.31. The molecule has 0 aliphatic carbocycles. The monoisotopic (exact) mass is 230 g/mol. The molecule has 0 atom stereocenters. The first-order valence-corrected chi connectivity index (χ1v) is 4.72. The lowest BCUT2D eigenvalue weighted by Crippen LogP contribution is -1.98. The second-order valence-corrected chi connectivity index (χ2v) is 3.19. The Balaban J connectivity index is 2.37. The van der Waals surface area contributed by atoms with Gasteiger partial charge in [0, 0.05) is 0 Å². The zero-order chi connectivity index (χ0) is 8.81. The van der Waals surface area contributed by atoms with Crippen LogP contribution in [-0.2, 0) is 0 Å². The summed E-state index contributed by atoms with van der Waals surface area (Å²) in [7, 11) is 0. The summed E-state index contributed by atoms with van der Waals surface area (Å²) in [4.78, 5) is 8.01. The summed E-state index contributed by atoms with van der Waals surface area (Å²) >= 11 is 3.20. The van der Waals surface area contributed by atoms with E-state index in [0.29, 0.717) is 12.5 Å². The van der Waals surface area contributed by atoms with Gasteiger partial charge in [-0.25, -0.2) is 9.97 Å². The third kappa shape index (κ3) is 3.17. The Kier molecular flexibility index (Phi) is 4.00. The maximum atomic E-state index is 5.31. The van der Waals surface area contributed by atoms with Crippen molar-refractivity contribution in [2.24, 2.45) is 0 Å². The average molecular weight is 231 g/mol. The van der Waals surface area contributed by atoms with Crippen LogP contribution in [0.15, 0.2) is 17.0 Å². The second-order valence-electron chi connectivity index (χ2n) is 2.38. The van der Waals surface area contributed by atoms with E-state index in [2.05, 4.69) is 32.8 Å². The molecule has 1 aromatic heterocycles. The standard InChI is InChI=1S/C8H11BrN2O/c1-2-3-4-12-8-6-10-7(9)5-11-8/h5-6H,2-4H2,1H3. The average Bonchev–Trinajstić information content (AvgIpc) is 2.09. The smallest absolute Gasteiger partial charge is 0.232 e. The maximum Gasteiger partial charge on any atom is 0.232 e. The highest BCUT2D eigenvalue weighted by Crippen LogP contribution is 2.08. The minimum Gasteiger partial charge on any atom is -0.477 e. The minimum absolute atomic E-state index is 0.589. The molecule has 12 heavy (non-hydrogen) atoms. The molecule has 0 spiro atoms. The number of hydrogen-bond donors (Lipinski definition) is 0. The van der Waals surface area contributed by atoms with Crippen LogP contribution < -0.4 is 4.74 Å². The molecule has 0 amide bonds. The van der Waals surface area contributed by atoms with Gasteiger partial charge in [0.25, 0.3) is 0 Å². The molecule has 66 valence electrons. The minimum atomic E-state index is 0.589. The Labute approximate surface area is 80.3 Å². The van der Waals surface area contributed by atoms with Gasteiger partial charge in [0.15, 0.2) is 0 Å². The highest BCUT2D eigenvalue weighted by Gasteiger charge is 1.94. The van der Waals surface area contributed by atoms with Crippen LogP contribution in [0, 0.1) is 0 Å². The van der Waals surface area contributed by atoms with E-state index in [9.17, 15) is 0 Å². The van der Waals surface area contributed by atoms with Gasteiger partial charge in [-0.3, -0.25) is 0 Å². The molecule has 0 saturated heterocycles. The number of rotatable bonds is 4. The van der Waals surface area contributed by atoms with Crippen LogP contribution in [0.5, 0.6) is 5.88 Å². The van der Waals surface area contributed by atoms with E-state index < -0.39 is 0 Å². The molecule has 4 heteroatoms. The van der Waals surface area contributed by atoms with Gasteiger partial charge >= 0.3 is 0 Å². The number of ether oxygens (including phenoxy) is 1. The van der Waals surface area contributed by atoms with Crippen molar-refractivity contribution in [3.05, 3.63) is 17.0 Å². The van der Waals surface area contributed by atoms with Crippen LogP contribution in [0.3, 0.4) is 0 Å². The van der Waals surface area contributed by atoms with Crippen LogP contribution in [0.25, 0.3) is 0 Å².